The number of imidazole rings is 1. The smallest absolute Gasteiger partial charge is 0.330 e. The molecule has 3 rings (SSSR count). The summed E-state index contributed by atoms with van der Waals surface area (Å²) in [5, 5.41) is 0. The van der Waals surface area contributed by atoms with Gasteiger partial charge in [-0.2, -0.15) is 0 Å². The predicted octanol–water partition coefficient (Wildman–Crippen LogP) is 0.704. The van der Waals surface area contributed by atoms with Crippen LogP contribution in [0.4, 0.5) is 0 Å². The molecule has 0 saturated heterocycles. The van der Waals surface area contributed by atoms with Gasteiger partial charge in [0, 0.05) is 25.6 Å². The molecule has 0 bridgehead atoms. The van der Waals surface area contributed by atoms with Crippen LogP contribution >= 0.6 is 0 Å². The number of fused-ring (bicyclic) bond motifs is 1. The van der Waals surface area contributed by atoms with Crippen molar-refractivity contribution < 1.29 is 0 Å². The van der Waals surface area contributed by atoms with Gasteiger partial charge in [-0.25, -0.2) is 9.78 Å². The summed E-state index contributed by atoms with van der Waals surface area (Å²) in [7, 11) is 1.53. The molecule has 2 heterocycles. The van der Waals surface area contributed by atoms with Crippen LogP contribution in [0.3, 0.4) is 0 Å². The lowest BCUT2D eigenvalue weighted by atomic mass is 10.3. The van der Waals surface area contributed by atoms with Gasteiger partial charge in [0.2, 0.25) is 0 Å². The van der Waals surface area contributed by atoms with Crippen molar-refractivity contribution in [2.75, 3.05) is 6.54 Å². The van der Waals surface area contributed by atoms with E-state index in [-0.39, 0.29) is 17.3 Å². The lowest BCUT2D eigenvalue weighted by Crippen LogP contribution is -2.39. The Labute approximate surface area is 128 Å². The topological polar surface area (TPSA) is 87.8 Å². The van der Waals surface area contributed by atoms with E-state index in [0.717, 1.165) is 25.1 Å². The van der Waals surface area contributed by atoms with Crippen molar-refractivity contribution in [1.29, 1.82) is 0 Å². The standard InChI is InChI=1S/C15H23N5O2/c1-9(2)20-13-11(14(21)18(3)15(20)22)19(8-4-7-16)12(17-13)10-5-6-10/h9-10H,4-8,16H2,1-3H3. The Morgan fingerprint density at radius 1 is 1.32 bits per heavy atom. The molecule has 2 aromatic rings. The van der Waals surface area contributed by atoms with E-state index in [1.54, 1.807) is 4.57 Å². The summed E-state index contributed by atoms with van der Waals surface area (Å²) in [4.78, 5) is 29.7. The zero-order valence-corrected chi connectivity index (χ0v) is 13.4. The molecule has 1 fully saturated rings. The first-order chi connectivity index (χ1) is 10.5. The van der Waals surface area contributed by atoms with Crippen molar-refractivity contribution in [3.8, 4) is 0 Å². The van der Waals surface area contributed by atoms with E-state index in [9.17, 15) is 9.59 Å². The largest absolute Gasteiger partial charge is 0.332 e. The summed E-state index contributed by atoms with van der Waals surface area (Å²) in [5.41, 5.74) is 6.10. The molecule has 0 unspecified atom stereocenters. The molecule has 7 nitrogen and oxygen atoms in total. The van der Waals surface area contributed by atoms with E-state index in [4.69, 9.17) is 5.73 Å². The minimum Gasteiger partial charge on any atom is -0.330 e. The fourth-order valence-electron chi connectivity index (χ4n) is 2.93. The zero-order chi connectivity index (χ0) is 16.0. The van der Waals surface area contributed by atoms with Crippen molar-refractivity contribution in [1.82, 2.24) is 18.7 Å². The highest BCUT2D eigenvalue weighted by Crippen LogP contribution is 2.40. The van der Waals surface area contributed by atoms with Crippen molar-refractivity contribution in [3.63, 3.8) is 0 Å². The van der Waals surface area contributed by atoms with Crippen LogP contribution in [0.5, 0.6) is 0 Å². The van der Waals surface area contributed by atoms with Gasteiger partial charge in [0.15, 0.2) is 11.2 Å². The number of rotatable bonds is 5. The number of nitrogens with zero attached hydrogens (tertiary/aromatic N) is 4. The van der Waals surface area contributed by atoms with Gasteiger partial charge in [0.05, 0.1) is 0 Å². The van der Waals surface area contributed by atoms with Crippen LogP contribution in [0, 0.1) is 0 Å². The first kappa shape index (κ1) is 15.0. The third-order valence-electron chi connectivity index (χ3n) is 4.25. The molecule has 0 amide bonds. The van der Waals surface area contributed by atoms with E-state index < -0.39 is 0 Å². The van der Waals surface area contributed by atoms with E-state index in [1.165, 1.54) is 11.6 Å². The maximum absolute atomic E-state index is 12.6. The Morgan fingerprint density at radius 3 is 2.55 bits per heavy atom. The molecule has 2 aromatic heterocycles. The molecule has 7 heteroatoms. The van der Waals surface area contributed by atoms with Crippen LogP contribution in [0.25, 0.3) is 11.2 Å². The van der Waals surface area contributed by atoms with E-state index in [2.05, 4.69) is 4.98 Å². The van der Waals surface area contributed by atoms with Crippen LogP contribution in [0.1, 0.15) is 50.9 Å². The Hall–Kier alpha value is -1.89. The summed E-state index contributed by atoms with van der Waals surface area (Å²) in [6.45, 7) is 5.10. The normalized spacial score (nSPS) is 15.1. The summed E-state index contributed by atoms with van der Waals surface area (Å²) in [6.07, 6.45) is 2.98. The number of aryl methyl sites for hydroxylation is 1. The molecule has 0 spiro atoms. The molecular formula is C15H23N5O2. The highest BCUT2D eigenvalue weighted by atomic mass is 16.2. The second-order valence-electron chi connectivity index (χ2n) is 6.32. The second kappa shape index (κ2) is 5.39. The summed E-state index contributed by atoms with van der Waals surface area (Å²) in [5.74, 6) is 1.34. The lowest BCUT2D eigenvalue weighted by Gasteiger charge is -2.13. The van der Waals surface area contributed by atoms with Gasteiger partial charge < -0.3 is 10.3 Å². The number of aromatic nitrogens is 4. The third-order valence-corrected chi connectivity index (χ3v) is 4.25. The average molecular weight is 305 g/mol. The minimum atomic E-state index is -0.307. The van der Waals surface area contributed by atoms with Crippen LogP contribution in [0.15, 0.2) is 9.59 Å². The molecule has 2 N–H and O–H groups in total. The lowest BCUT2D eigenvalue weighted by molar-refractivity contribution is 0.550. The SMILES string of the molecule is CC(C)n1c(=O)n(C)c(=O)c2c1nc(C1CC1)n2CCCN. The Bertz CT molecular complexity index is 823. The Balaban J connectivity index is 2.38. The first-order valence-electron chi connectivity index (χ1n) is 7.89. The predicted molar refractivity (Wildman–Crippen MR) is 85.3 cm³/mol. The maximum atomic E-state index is 12.6. The monoisotopic (exact) mass is 305 g/mol. The van der Waals surface area contributed by atoms with E-state index in [0.29, 0.717) is 30.2 Å². The van der Waals surface area contributed by atoms with Gasteiger partial charge in [0.25, 0.3) is 5.56 Å². The highest BCUT2D eigenvalue weighted by Gasteiger charge is 2.31. The Morgan fingerprint density at radius 2 is 2.00 bits per heavy atom. The molecule has 22 heavy (non-hydrogen) atoms. The van der Waals surface area contributed by atoms with Crippen LogP contribution in [-0.4, -0.2) is 25.2 Å². The van der Waals surface area contributed by atoms with Crippen molar-refractivity contribution in [2.45, 2.75) is 51.6 Å². The molecule has 0 atom stereocenters. The van der Waals surface area contributed by atoms with Gasteiger partial charge >= 0.3 is 5.69 Å². The fraction of sp³-hybridized carbons (Fsp3) is 0.667. The van der Waals surface area contributed by atoms with Crippen LogP contribution < -0.4 is 17.0 Å². The molecule has 0 aromatic carbocycles. The second-order valence-corrected chi connectivity index (χ2v) is 6.32. The van der Waals surface area contributed by atoms with Crippen LogP contribution in [0.2, 0.25) is 0 Å². The molecule has 0 radical (unpaired) electrons. The van der Waals surface area contributed by atoms with Gasteiger partial charge in [-0.1, -0.05) is 0 Å². The summed E-state index contributed by atoms with van der Waals surface area (Å²) < 4.78 is 4.78. The minimum absolute atomic E-state index is 0.0493. The van der Waals surface area contributed by atoms with Gasteiger partial charge in [-0.05, 0) is 39.7 Å². The summed E-state index contributed by atoms with van der Waals surface area (Å²) in [6, 6.07) is -0.0493. The molecule has 120 valence electrons. The van der Waals surface area contributed by atoms with Crippen molar-refractivity contribution in [3.05, 3.63) is 26.7 Å². The van der Waals surface area contributed by atoms with E-state index >= 15 is 0 Å². The van der Waals surface area contributed by atoms with Gasteiger partial charge in [-0.15, -0.1) is 0 Å². The number of hydrogen-bond acceptors (Lipinski definition) is 4. The van der Waals surface area contributed by atoms with Gasteiger partial charge in [0.1, 0.15) is 5.82 Å². The quantitative estimate of drug-likeness (QED) is 0.881. The van der Waals surface area contributed by atoms with Crippen LogP contribution in [-0.2, 0) is 13.6 Å². The number of hydrogen-bond donors (Lipinski definition) is 1. The fourth-order valence-corrected chi connectivity index (χ4v) is 2.93. The van der Waals surface area contributed by atoms with E-state index in [1.807, 2.05) is 18.4 Å². The molecule has 0 aliphatic heterocycles. The average Bonchev–Trinajstić information content (AvgIpc) is 3.25. The summed E-state index contributed by atoms with van der Waals surface area (Å²) >= 11 is 0. The van der Waals surface area contributed by atoms with Crippen molar-refractivity contribution >= 4 is 11.2 Å². The first-order valence-corrected chi connectivity index (χ1v) is 7.89. The number of nitrogens with two attached hydrogens (primary N) is 1. The molecule has 1 saturated carbocycles. The zero-order valence-electron chi connectivity index (χ0n) is 13.4. The third kappa shape index (κ3) is 2.20. The highest BCUT2D eigenvalue weighted by molar-refractivity contribution is 5.71. The molecule has 1 aliphatic rings. The van der Waals surface area contributed by atoms with Gasteiger partial charge in [-0.3, -0.25) is 13.9 Å². The molecule has 1 aliphatic carbocycles. The van der Waals surface area contributed by atoms with Crippen molar-refractivity contribution in [2.24, 2.45) is 12.8 Å². The Kier molecular flexibility index (Phi) is 3.68. The maximum Gasteiger partial charge on any atom is 0.332 e. The molecular weight excluding hydrogens is 282 g/mol.